The van der Waals surface area contributed by atoms with Gasteiger partial charge in [-0.15, -0.1) is 0 Å². The molecule has 0 atom stereocenters. The van der Waals surface area contributed by atoms with E-state index in [-0.39, 0.29) is 32.5 Å². The number of pyridine rings is 1. The molecular weight excluding hydrogens is 269 g/mol. The zero-order chi connectivity index (χ0) is 11.4. The van der Waals surface area contributed by atoms with Gasteiger partial charge in [-0.25, -0.2) is 0 Å². The predicted octanol–water partition coefficient (Wildman–Crippen LogP) is 1.59. The fraction of sp³-hybridized carbons (Fsp3) is 0.0833. The molecule has 0 amide bonds. The summed E-state index contributed by atoms with van der Waals surface area (Å²) in [6.07, 6.45) is 1.48. The van der Waals surface area contributed by atoms with Gasteiger partial charge in [0.05, 0.1) is 0 Å². The van der Waals surface area contributed by atoms with Crippen molar-refractivity contribution in [2.75, 3.05) is 0 Å². The molecule has 0 saturated carbocycles. The summed E-state index contributed by atoms with van der Waals surface area (Å²) >= 11 is 0.0987. The molecule has 16 heavy (non-hydrogen) atoms. The minimum absolute atomic E-state index is 0.0771. The molecule has 0 aliphatic rings. The summed E-state index contributed by atoms with van der Waals surface area (Å²) in [6.45, 7) is 0. The summed E-state index contributed by atoms with van der Waals surface area (Å²) in [7, 11) is 0. The van der Waals surface area contributed by atoms with Gasteiger partial charge in [-0.3, -0.25) is 0 Å². The van der Waals surface area contributed by atoms with Crippen LogP contribution >= 0.6 is 0 Å². The van der Waals surface area contributed by atoms with Gasteiger partial charge < -0.3 is 0 Å². The number of nitrogens with zero attached hydrogens (tertiary/aromatic N) is 1. The number of aromatic nitrogens is 1. The van der Waals surface area contributed by atoms with E-state index in [1.54, 1.807) is 30.5 Å². The van der Waals surface area contributed by atoms with Crippen molar-refractivity contribution >= 4 is 26.1 Å². The molecule has 0 fully saturated rings. The molecule has 0 spiro atoms. The Labute approximate surface area is 98.9 Å². The number of rotatable bonds is 4. The van der Waals surface area contributed by atoms with Crippen LogP contribution in [0, 0.1) is 0 Å². The predicted molar refractivity (Wildman–Crippen MR) is 60.9 cm³/mol. The van der Waals surface area contributed by atoms with Crippen LogP contribution < -0.4 is 0 Å². The molecule has 0 aromatic carbocycles. The van der Waals surface area contributed by atoms with Crippen LogP contribution in [0.25, 0.3) is 0 Å². The molecule has 0 saturated heterocycles. The van der Waals surface area contributed by atoms with E-state index >= 15 is 0 Å². The average Bonchev–Trinajstić information content (AvgIpc) is 2.83. The van der Waals surface area contributed by atoms with Crippen molar-refractivity contribution in [1.82, 2.24) is 4.98 Å². The summed E-state index contributed by atoms with van der Waals surface area (Å²) in [5.41, 5.74) is 0.356. The number of carbonyl (C=O) groups excluding carboxylic acids is 2. The molecule has 0 radical (unpaired) electrons. The van der Waals surface area contributed by atoms with E-state index in [4.69, 9.17) is 0 Å². The Hall–Kier alpha value is -1.51. The summed E-state index contributed by atoms with van der Waals surface area (Å²) in [4.78, 5) is 29.3. The van der Waals surface area contributed by atoms with Crippen molar-refractivity contribution in [2.45, 2.75) is 6.42 Å². The second-order valence-corrected chi connectivity index (χ2v) is 5.20. The van der Waals surface area contributed by atoms with Crippen LogP contribution in [0.4, 0.5) is 0 Å². The molecule has 3 nitrogen and oxygen atoms in total. The van der Waals surface area contributed by atoms with Crippen LogP contribution in [0.15, 0.2) is 41.5 Å². The third kappa shape index (κ3) is 2.54. The third-order valence-corrected chi connectivity index (χ3v) is 3.98. The summed E-state index contributed by atoms with van der Waals surface area (Å²) in [5, 5.41) is 0. The van der Waals surface area contributed by atoms with Gasteiger partial charge in [0.25, 0.3) is 0 Å². The number of ketones is 2. The molecule has 80 valence electrons. The number of Topliss-reactive ketones (excluding diaryl/α,β-unsaturated/α-hetero) is 2. The van der Waals surface area contributed by atoms with Crippen LogP contribution in [0.1, 0.15) is 26.1 Å². The van der Waals surface area contributed by atoms with Crippen molar-refractivity contribution in [3.05, 3.63) is 51.6 Å². The maximum absolute atomic E-state index is 11.7. The van der Waals surface area contributed by atoms with E-state index in [1.165, 1.54) is 0 Å². The van der Waals surface area contributed by atoms with Gasteiger partial charge in [-0.1, -0.05) is 0 Å². The molecule has 0 bridgehead atoms. The van der Waals surface area contributed by atoms with Crippen molar-refractivity contribution in [3.63, 3.8) is 0 Å². The Kier molecular flexibility index (Phi) is 3.44. The molecule has 2 aromatic heterocycles. The summed E-state index contributed by atoms with van der Waals surface area (Å²) in [5.74, 6) is -0.296. The molecule has 0 aliphatic carbocycles. The van der Waals surface area contributed by atoms with E-state index < -0.39 is 0 Å². The van der Waals surface area contributed by atoms with Crippen LogP contribution in [0.5, 0.6) is 0 Å². The average molecular weight is 278 g/mol. The summed E-state index contributed by atoms with van der Waals surface area (Å²) < 4.78 is 0.761. The van der Waals surface area contributed by atoms with Crippen LogP contribution in [0.3, 0.4) is 0 Å². The number of hydrogen-bond acceptors (Lipinski definition) is 3. The Morgan fingerprint density at radius 3 is 2.62 bits per heavy atom. The fourth-order valence-corrected chi connectivity index (χ4v) is 2.68. The first kappa shape index (κ1) is 11.0. The van der Waals surface area contributed by atoms with Gasteiger partial charge in [0, 0.05) is 0 Å². The van der Waals surface area contributed by atoms with Gasteiger partial charge in [0.15, 0.2) is 0 Å². The molecular formula is C12H9NO2Se. The second kappa shape index (κ2) is 5.01. The van der Waals surface area contributed by atoms with Crippen molar-refractivity contribution in [2.24, 2.45) is 0 Å². The topological polar surface area (TPSA) is 47.0 Å². The number of hydrogen-bond donors (Lipinski definition) is 0. The van der Waals surface area contributed by atoms with E-state index in [0.29, 0.717) is 5.69 Å². The first-order valence-electron chi connectivity index (χ1n) is 4.78. The van der Waals surface area contributed by atoms with E-state index in [1.807, 2.05) is 11.0 Å². The zero-order valence-electron chi connectivity index (χ0n) is 8.42. The molecule has 0 N–H and O–H groups in total. The monoisotopic (exact) mass is 279 g/mol. The van der Waals surface area contributed by atoms with Crippen molar-refractivity contribution in [3.8, 4) is 0 Å². The zero-order valence-corrected chi connectivity index (χ0v) is 10.1. The quantitative estimate of drug-likeness (QED) is 0.485. The van der Waals surface area contributed by atoms with Crippen LogP contribution in [-0.4, -0.2) is 31.1 Å². The van der Waals surface area contributed by atoms with Crippen molar-refractivity contribution < 1.29 is 9.59 Å². The first-order chi connectivity index (χ1) is 7.77. The first-order valence-corrected chi connectivity index (χ1v) is 6.63. The molecule has 2 heterocycles. The third-order valence-electron chi connectivity index (χ3n) is 2.07. The van der Waals surface area contributed by atoms with Gasteiger partial charge in [-0.05, 0) is 0 Å². The SMILES string of the molecule is O=C(CC(=O)c1ccc[se]1)c1ccccn1. The van der Waals surface area contributed by atoms with Gasteiger partial charge in [-0.2, -0.15) is 0 Å². The van der Waals surface area contributed by atoms with E-state index in [2.05, 4.69) is 4.98 Å². The maximum atomic E-state index is 11.7. The van der Waals surface area contributed by atoms with Gasteiger partial charge in [0.1, 0.15) is 0 Å². The molecule has 4 heteroatoms. The molecule has 2 aromatic rings. The van der Waals surface area contributed by atoms with Gasteiger partial charge >= 0.3 is 98.7 Å². The van der Waals surface area contributed by atoms with Crippen LogP contribution in [0.2, 0.25) is 0 Å². The van der Waals surface area contributed by atoms with Crippen LogP contribution in [-0.2, 0) is 0 Å². The standard InChI is InChI=1S/C12H9NO2Se/c14-10(9-4-1-2-6-13-9)8-11(15)12-5-3-7-16-12/h1-7H,8H2. The number of carbonyl (C=O) groups is 2. The van der Waals surface area contributed by atoms with E-state index in [0.717, 1.165) is 4.44 Å². The minimum atomic E-state index is -0.214. The second-order valence-electron chi connectivity index (χ2n) is 3.22. The normalized spacial score (nSPS) is 10.0. The Morgan fingerprint density at radius 2 is 2.00 bits per heavy atom. The Morgan fingerprint density at radius 1 is 1.12 bits per heavy atom. The molecule has 0 aliphatic heterocycles. The fourth-order valence-electron chi connectivity index (χ4n) is 1.29. The summed E-state index contributed by atoms with van der Waals surface area (Å²) in [6, 6.07) is 8.75. The molecule has 0 unspecified atom stereocenters. The Balaban J connectivity index is 2.06. The van der Waals surface area contributed by atoms with Crippen molar-refractivity contribution in [1.29, 1.82) is 0 Å². The Bertz CT molecular complexity index is 491. The van der Waals surface area contributed by atoms with E-state index in [9.17, 15) is 9.59 Å². The molecule has 2 rings (SSSR count). The van der Waals surface area contributed by atoms with Gasteiger partial charge in [0.2, 0.25) is 0 Å².